The number of fused-ring (bicyclic) bond motifs is 1. The van der Waals surface area contributed by atoms with Gasteiger partial charge in [0.1, 0.15) is 6.04 Å². The first kappa shape index (κ1) is 19.4. The van der Waals surface area contributed by atoms with Gasteiger partial charge in [-0.25, -0.2) is 4.68 Å². The predicted molar refractivity (Wildman–Crippen MR) is 92.6 cm³/mol. The second kappa shape index (κ2) is 8.94. The summed E-state index contributed by atoms with van der Waals surface area (Å²) in [7, 11) is 0. The van der Waals surface area contributed by atoms with Gasteiger partial charge in [0, 0.05) is 13.2 Å². The topological polar surface area (TPSA) is 89.3 Å². The van der Waals surface area contributed by atoms with Crippen molar-refractivity contribution in [3.63, 3.8) is 0 Å². The minimum Gasteiger partial charge on any atom is -0.379 e. The summed E-state index contributed by atoms with van der Waals surface area (Å²) in [6.45, 7) is 9.67. The normalized spacial score (nSPS) is 17.3. The molecule has 2 heterocycles. The molecule has 0 radical (unpaired) electrons. The third-order valence-corrected chi connectivity index (χ3v) is 4.02. The molecule has 0 unspecified atom stereocenters. The molecule has 0 saturated carbocycles. The van der Waals surface area contributed by atoms with Crippen LogP contribution in [0.3, 0.4) is 0 Å². The van der Waals surface area contributed by atoms with Crippen molar-refractivity contribution in [1.29, 1.82) is 0 Å². The molecule has 1 atom stereocenters. The molecule has 1 aliphatic heterocycles. The van der Waals surface area contributed by atoms with Crippen molar-refractivity contribution in [1.82, 2.24) is 25.2 Å². The standard InChI is InChI=1S/C17H29N5O3/c1-12(2)8-15-17(24)21(10-14-9-19-20-22(14)15)11-16(23)18-6-5-7-25-13(3)4/h9,12-13,15H,5-8,10-11H2,1-4H3,(H,18,23)/t15-/m0/s1. The maximum absolute atomic E-state index is 12.7. The van der Waals surface area contributed by atoms with Gasteiger partial charge in [-0.2, -0.15) is 0 Å². The Balaban J connectivity index is 1.87. The minimum absolute atomic E-state index is 0.0592. The summed E-state index contributed by atoms with van der Waals surface area (Å²) in [6, 6.07) is -0.376. The van der Waals surface area contributed by atoms with Gasteiger partial charge in [-0.05, 0) is 32.6 Å². The van der Waals surface area contributed by atoms with E-state index in [2.05, 4.69) is 29.5 Å². The van der Waals surface area contributed by atoms with E-state index >= 15 is 0 Å². The number of carbonyl (C=O) groups excluding carboxylic acids is 2. The Morgan fingerprint density at radius 2 is 2.16 bits per heavy atom. The Kier molecular flexibility index (Phi) is 6.92. The first-order valence-corrected chi connectivity index (χ1v) is 8.94. The van der Waals surface area contributed by atoms with E-state index in [9.17, 15) is 9.59 Å². The zero-order valence-electron chi connectivity index (χ0n) is 15.6. The molecule has 25 heavy (non-hydrogen) atoms. The van der Waals surface area contributed by atoms with E-state index in [1.807, 2.05) is 13.8 Å². The van der Waals surface area contributed by atoms with Crippen LogP contribution in [0.25, 0.3) is 0 Å². The van der Waals surface area contributed by atoms with Gasteiger partial charge < -0.3 is 15.0 Å². The Morgan fingerprint density at radius 3 is 2.84 bits per heavy atom. The molecule has 140 valence electrons. The number of amides is 2. The average Bonchev–Trinajstić information content (AvgIpc) is 2.98. The van der Waals surface area contributed by atoms with Crippen LogP contribution in [0.4, 0.5) is 0 Å². The molecule has 0 saturated heterocycles. The molecule has 1 aromatic rings. The fourth-order valence-corrected chi connectivity index (χ4v) is 2.86. The van der Waals surface area contributed by atoms with Crippen molar-refractivity contribution in [2.24, 2.45) is 5.92 Å². The number of ether oxygens (including phenoxy) is 1. The molecule has 0 spiro atoms. The lowest BCUT2D eigenvalue weighted by molar-refractivity contribution is -0.142. The molecule has 0 aliphatic carbocycles. The zero-order valence-corrected chi connectivity index (χ0v) is 15.6. The smallest absolute Gasteiger partial charge is 0.248 e. The third-order valence-electron chi connectivity index (χ3n) is 4.02. The number of rotatable bonds is 9. The van der Waals surface area contributed by atoms with E-state index in [4.69, 9.17) is 4.74 Å². The number of aromatic nitrogens is 3. The highest BCUT2D eigenvalue weighted by Crippen LogP contribution is 2.26. The molecular weight excluding hydrogens is 322 g/mol. The van der Waals surface area contributed by atoms with E-state index in [0.29, 0.717) is 32.0 Å². The second-order valence-corrected chi connectivity index (χ2v) is 7.13. The van der Waals surface area contributed by atoms with E-state index < -0.39 is 0 Å². The number of hydrogen-bond acceptors (Lipinski definition) is 5. The summed E-state index contributed by atoms with van der Waals surface area (Å²) < 4.78 is 7.13. The summed E-state index contributed by atoms with van der Waals surface area (Å²) in [5.74, 6) is 0.132. The van der Waals surface area contributed by atoms with Gasteiger partial charge in [0.25, 0.3) is 0 Å². The van der Waals surface area contributed by atoms with Crippen molar-refractivity contribution in [3.8, 4) is 0 Å². The summed E-state index contributed by atoms with van der Waals surface area (Å²) >= 11 is 0. The molecule has 2 rings (SSSR count). The van der Waals surface area contributed by atoms with Gasteiger partial charge in [-0.1, -0.05) is 19.1 Å². The highest BCUT2D eigenvalue weighted by atomic mass is 16.5. The van der Waals surface area contributed by atoms with E-state index in [1.165, 1.54) is 0 Å². The fraction of sp³-hybridized carbons (Fsp3) is 0.765. The molecule has 0 bridgehead atoms. The average molecular weight is 351 g/mol. The minimum atomic E-state index is -0.376. The molecule has 1 N–H and O–H groups in total. The van der Waals surface area contributed by atoms with Crippen LogP contribution < -0.4 is 5.32 Å². The maximum Gasteiger partial charge on any atom is 0.248 e. The first-order chi connectivity index (χ1) is 11.9. The van der Waals surface area contributed by atoms with E-state index in [0.717, 1.165) is 12.1 Å². The van der Waals surface area contributed by atoms with Crippen LogP contribution in [0.5, 0.6) is 0 Å². The monoisotopic (exact) mass is 351 g/mol. The van der Waals surface area contributed by atoms with Crippen LogP contribution in [0, 0.1) is 5.92 Å². The quantitative estimate of drug-likeness (QED) is 0.674. The summed E-state index contributed by atoms with van der Waals surface area (Å²) in [4.78, 5) is 26.5. The number of nitrogens with one attached hydrogen (secondary N) is 1. The van der Waals surface area contributed by atoms with Gasteiger partial charge in [-0.3, -0.25) is 9.59 Å². The zero-order chi connectivity index (χ0) is 18.4. The van der Waals surface area contributed by atoms with Gasteiger partial charge in [0.2, 0.25) is 11.8 Å². The molecule has 8 nitrogen and oxygen atoms in total. The van der Waals surface area contributed by atoms with Crippen molar-refractivity contribution in [2.45, 2.75) is 59.2 Å². The maximum atomic E-state index is 12.7. The summed E-state index contributed by atoms with van der Waals surface area (Å²) in [6.07, 6.45) is 3.29. The van der Waals surface area contributed by atoms with Crippen molar-refractivity contribution >= 4 is 11.8 Å². The second-order valence-electron chi connectivity index (χ2n) is 7.13. The SMILES string of the molecule is CC(C)C[C@H]1C(=O)N(CC(=O)NCCCOC(C)C)Cc2cnnn21. The van der Waals surface area contributed by atoms with Gasteiger partial charge >= 0.3 is 0 Å². The number of carbonyl (C=O) groups is 2. The predicted octanol–water partition coefficient (Wildman–Crippen LogP) is 1.14. The van der Waals surface area contributed by atoms with Crippen LogP contribution >= 0.6 is 0 Å². The van der Waals surface area contributed by atoms with E-state index in [-0.39, 0.29) is 30.5 Å². The molecular formula is C17H29N5O3. The van der Waals surface area contributed by atoms with Crippen LogP contribution in [-0.2, 0) is 20.9 Å². The molecule has 1 aliphatic rings. The van der Waals surface area contributed by atoms with Crippen molar-refractivity contribution in [3.05, 3.63) is 11.9 Å². The molecule has 0 fully saturated rings. The van der Waals surface area contributed by atoms with Crippen molar-refractivity contribution in [2.75, 3.05) is 19.7 Å². The Bertz CT molecular complexity index is 585. The lowest BCUT2D eigenvalue weighted by atomic mass is 10.0. The first-order valence-electron chi connectivity index (χ1n) is 8.94. The summed E-state index contributed by atoms with van der Waals surface area (Å²) in [5.41, 5.74) is 0.864. The third kappa shape index (κ3) is 5.52. The summed E-state index contributed by atoms with van der Waals surface area (Å²) in [5, 5.41) is 10.8. The van der Waals surface area contributed by atoms with Crippen LogP contribution in [-0.4, -0.2) is 57.5 Å². The Labute approximate surface area is 148 Å². The fourth-order valence-electron chi connectivity index (χ4n) is 2.86. The van der Waals surface area contributed by atoms with Gasteiger partial charge in [0.15, 0.2) is 0 Å². The van der Waals surface area contributed by atoms with Gasteiger partial charge in [0.05, 0.1) is 31.1 Å². The lowest BCUT2D eigenvalue weighted by Crippen LogP contribution is -2.47. The highest BCUT2D eigenvalue weighted by Gasteiger charge is 2.35. The molecule has 1 aromatic heterocycles. The van der Waals surface area contributed by atoms with Crippen molar-refractivity contribution < 1.29 is 14.3 Å². The van der Waals surface area contributed by atoms with Crippen LogP contribution in [0.2, 0.25) is 0 Å². The van der Waals surface area contributed by atoms with E-state index in [1.54, 1.807) is 15.8 Å². The van der Waals surface area contributed by atoms with Crippen LogP contribution in [0.15, 0.2) is 6.20 Å². The Hall–Kier alpha value is -1.96. The molecule has 8 heteroatoms. The van der Waals surface area contributed by atoms with Gasteiger partial charge in [-0.15, -0.1) is 5.10 Å². The lowest BCUT2D eigenvalue weighted by Gasteiger charge is -2.33. The molecule has 0 aromatic carbocycles. The Morgan fingerprint density at radius 1 is 1.40 bits per heavy atom. The number of nitrogens with zero attached hydrogens (tertiary/aromatic N) is 4. The van der Waals surface area contributed by atoms with Crippen LogP contribution in [0.1, 0.15) is 52.3 Å². The molecule has 2 amide bonds. The highest BCUT2D eigenvalue weighted by molar-refractivity contribution is 5.87. The largest absolute Gasteiger partial charge is 0.379 e. The number of hydrogen-bond donors (Lipinski definition) is 1.